The van der Waals surface area contributed by atoms with Crippen LogP contribution in [0.25, 0.3) is 0 Å². The molecule has 0 bridgehead atoms. The smallest absolute Gasteiger partial charge is 0.323 e. The number of imidazole rings is 1. The molecular formula is C7H13Cl2N3O2. The van der Waals surface area contributed by atoms with Crippen molar-refractivity contribution in [2.75, 3.05) is 7.11 Å². The molecule has 1 rings (SSSR count). The molecule has 0 aliphatic rings. The molecule has 0 aliphatic heterocycles. The third kappa shape index (κ3) is 4.45. The summed E-state index contributed by atoms with van der Waals surface area (Å²) in [5.41, 5.74) is 6.32. The first-order valence-electron chi connectivity index (χ1n) is 3.54. The van der Waals surface area contributed by atoms with Crippen molar-refractivity contribution in [3.05, 3.63) is 18.2 Å². The lowest BCUT2D eigenvalue weighted by molar-refractivity contribution is -0.142. The number of carbonyl (C=O) groups excluding carboxylic acids is 1. The van der Waals surface area contributed by atoms with E-state index in [0.29, 0.717) is 6.42 Å². The minimum absolute atomic E-state index is 0. The zero-order valence-corrected chi connectivity index (χ0v) is 9.23. The summed E-state index contributed by atoms with van der Waals surface area (Å²) in [6.45, 7) is 0. The van der Waals surface area contributed by atoms with E-state index in [1.165, 1.54) is 7.11 Å². The molecule has 1 aromatic rings. The summed E-state index contributed by atoms with van der Waals surface area (Å²) >= 11 is 0. The summed E-state index contributed by atoms with van der Waals surface area (Å²) in [7, 11) is 1.31. The van der Waals surface area contributed by atoms with Crippen LogP contribution >= 0.6 is 24.8 Å². The van der Waals surface area contributed by atoms with E-state index in [1.807, 2.05) is 0 Å². The number of nitrogens with zero attached hydrogens (tertiary/aromatic N) is 1. The van der Waals surface area contributed by atoms with E-state index < -0.39 is 12.0 Å². The number of nitrogens with two attached hydrogens (primary N) is 1. The number of ether oxygens (including phenoxy) is 1. The average Bonchev–Trinajstić information content (AvgIpc) is 2.55. The Labute approximate surface area is 94.2 Å². The van der Waals surface area contributed by atoms with E-state index in [1.54, 1.807) is 12.5 Å². The Morgan fingerprint density at radius 2 is 2.36 bits per heavy atom. The Balaban J connectivity index is 0. The van der Waals surface area contributed by atoms with Crippen LogP contribution in [0.3, 0.4) is 0 Å². The lowest BCUT2D eigenvalue weighted by Gasteiger charge is -2.06. The van der Waals surface area contributed by atoms with Gasteiger partial charge in [-0.2, -0.15) is 0 Å². The van der Waals surface area contributed by atoms with Crippen molar-refractivity contribution in [2.24, 2.45) is 5.73 Å². The third-order valence-corrected chi connectivity index (χ3v) is 1.50. The molecule has 0 radical (unpaired) electrons. The van der Waals surface area contributed by atoms with Crippen LogP contribution in [0.2, 0.25) is 0 Å². The number of esters is 1. The summed E-state index contributed by atoms with van der Waals surface area (Å²) in [5, 5.41) is 0. The highest BCUT2D eigenvalue weighted by Crippen LogP contribution is 1.96. The molecule has 0 fully saturated rings. The lowest BCUT2D eigenvalue weighted by atomic mass is 10.2. The molecule has 0 unspecified atom stereocenters. The van der Waals surface area contributed by atoms with E-state index in [4.69, 9.17) is 5.73 Å². The molecule has 0 aromatic carbocycles. The summed E-state index contributed by atoms with van der Waals surface area (Å²) < 4.78 is 4.46. The monoisotopic (exact) mass is 241 g/mol. The van der Waals surface area contributed by atoms with E-state index in [0.717, 1.165) is 5.69 Å². The second-order valence-corrected chi connectivity index (χ2v) is 2.41. The van der Waals surface area contributed by atoms with Gasteiger partial charge in [-0.3, -0.25) is 4.79 Å². The molecule has 0 saturated heterocycles. The highest BCUT2D eigenvalue weighted by Gasteiger charge is 2.14. The minimum atomic E-state index is -0.615. The molecule has 14 heavy (non-hydrogen) atoms. The van der Waals surface area contributed by atoms with Crippen molar-refractivity contribution in [3.63, 3.8) is 0 Å². The molecule has 5 nitrogen and oxygen atoms in total. The molecule has 0 aliphatic carbocycles. The first-order chi connectivity index (χ1) is 5.74. The second kappa shape index (κ2) is 7.61. The van der Waals surface area contributed by atoms with Crippen LogP contribution in [0.4, 0.5) is 0 Å². The van der Waals surface area contributed by atoms with Crippen molar-refractivity contribution in [1.29, 1.82) is 0 Å². The van der Waals surface area contributed by atoms with Crippen LogP contribution in [0.1, 0.15) is 5.69 Å². The van der Waals surface area contributed by atoms with E-state index in [-0.39, 0.29) is 24.8 Å². The maximum Gasteiger partial charge on any atom is 0.323 e. The number of aromatic amines is 1. The van der Waals surface area contributed by atoms with Crippen molar-refractivity contribution in [3.8, 4) is 0 Å². The van der Waals surface area contributed by atoms with E-state index >= 15 is 0 Å². The van der Waals surface area contributed by atoms with E-state index in [2.05, 4.69) is 14.7 Å². The minimum Gasteiger partial charge on any atom is -0.468 e. The van der Waals surface area contributed by atoms with Gasteiger partial charge in [0.05, 0.1) is 13.4 Å². The van der Waals surface area contributed by atoms with Crippen LogP contribution in [-0.2, 0) is 16.0 Å². The molecule has 7 heteroatoms. The molecule has 1 aromatic heterocycles. The molecule has 0 saturated carbocycles. The lowest BCUT2D eigenvalue weighted by Crippen LogP contribution is -2.33. The van der Waals surface area contributed by atoms with Gasteiger partial charge < -0.3 is 15.5 Å². The predicted octanol–water partition coefficient (Wildman–Crippen LogP) is 0.296. The number of hydrogen-bond donors (Lipinski definition) is 2. The first kappa shape index (κ1) is 15.7. The average molecular weight is 242 g/mol. The fourth-order valence-electron chi connectivity index (χ4n) is 0.868. The topological polar surface area (TPSA) is 81.0 Å². The molecule has 3 N–H and O–H groups in total. The summed E-state index contributed by atoms with van der Waals surface area (Å²) in [5.74, 6) is -0.412. The van der Waals surface area contributed by atoms with Crippen LogP contribution < -0.4 is 5.73 Å². The van der Waals surface area contributed by atoms with Gasteiger partial charge in [0.2, 0.25) is 0 Å². The Bertz CT molecular complexity index is 253. The molecule has 0 amide bonds. The quantitative estimate of drug-likeness (QED) is 0.747. The third-order valence-electron chi connectivity index (χ3n) is 1.50. The fraction of sp³-hybridized carbons (Fsp3) is 0.429. The number of rotatable bonds is 3. The molecule has 1 heterocycles. The van der Waals surface area contributed by atoms with Gasteiger partial charge in [0, 0.05) is 18.3 Å². The van der Waals surface area contributed by atoms with Crippen molar-refractivity contribution in [2.45, 2.75) is 12.5 Å². The van der Waals surface area contributed by atoms with Gasteiger partial charge in [0.25, 0.3) is 0 Å². The summed E-state index contributed by atoms with van der Waals surface area (Å²) in [6, 6.07) is -0.615. The van der Waals surface area contributed by atoms with E-state index in [9.17, 15) is 4.79 Å². The highest BCUT2D eigenvalue weighted by atomic mass is 35.5. The zero-order valence-electron chi connectivity index (χ0n) is 7.60. The van der Waals surface area contributed by atoms with Crippen LogP contribution in [0.5, 0.6) is 0 Å². The van der Waals surface area contributed by atoms with Gasteiger partial charge in [0.15, 0.2) is 0 Å². The fourth-order valence-corrected chi connectivity index (χ4v) is 0.868. The van der Waals surface area contributed by atoms with Crippen molar-refractivity contribution < 1.29 is 9.53 Å². The number of carbonyl (C=O) groups is 1. The van der Waals surface area contributed by atoms with Crippen molar-refractivity contribution in [1.82, 2.24) is 9.97 Å². The number of H-pyrrole nitrogens is 1. The first-order valence-corrected chi connectivity index (χ1v) is 3.54. The number of aromatic nitrogens is 2. The number of nitrogens with one attached hydrogen (secondary N) is 1. The summed E-state index contributed by atoms with van der Waals surface area (Å²) in [6.07, 6.45) is 3.59. The van der Waals surface area contributed by atoms with Crippen LogP contribution in [0, 0.1) is 0 Å². The molecule has 0 spiro atoms. The van der Waals surface area contributed by atoms with Gasteiger partial charge in [-0.1, -0.05) is 0 Å². The standard InChI is InChI=1S/C7H11N3O2.2ClH/c1-12-7(11)6(8)2-5-3-9-4-10-5;;/h3-4,6H,2,8H2,1H3,(H,9,10);2*1H/t6-;;/m0../s1. The predicted molar refractivity (Wildman–Crippen MR) is 56.8 cm³/mol. The number of methoxy groups -OCH3 is 1. The molecule has 82 valence electrons. The van der Waals surface area contributed by atoms with Gasteiger partial charge >= 0.3 is 5.97 Å². The van der Waals surface area contributed by atoms with Gasteiger partial charge in [0.1, 0.15) is 6.04 Å². The maximum absolute atomic E-state index is 10.9. The normalized spacial score (nSPS) is 10.7. The zero-order chi connectivity index (χ0) is 8.97. The van der Waals surface area contributed by atoms with Crippen LogP contribution in [-0.4, -0.2) is 29.1 Å². The van der Waals surface area contributed by atoms with Gasteiger partial charge in [-0.05, 0) is 0 Å². The Hall–Kier alpha value is -0.780. The molecular weight excluding hydrogens is 229 g/mol. The summed E-state index contributed by atoms with van der Waals surface area (Å²) in [4.78, 5) is 17.5. The Kier molecular flexibility index (Phi) is 8.52. The van der Waals surface area contributed by atoms with Gasteiger partial charge in [-0.15, -0.1) is 24.8 Å². The largest absolute Gasteiger partial charge is 0.468 e. The van der Waals surface area contributed by atoms with Gasteiger partial charge in [-0.25, -0.2) is 4.98 Å². The molecule has 1 atom stereocenters. The number of halogens is 2. The maximum atomic E-state index is 10.9. The van der Waals surface area contributed by atoms with Crippen LogP contribution in [0.15, 0.2) is 12.5 Å². The number of hydrogen-bond acceptors (Lipinski definition) is 4. The highest BCUT2D eigenvalue weighted by molar-refractivity contribution is 5.85. The SMILES string of the molecule is COC(=O)[C@@H](N)Cc1cnc[nH]1.Cl.Cl. The van der Waals surface area contributed by atoms with Crippen molar-refractivity contribution >= 4 is 30.8 Å². The Morgan fingerprint density at radius 3 is 2.79 bits per heavy atom. The second-order valence-electron chi connectivity index (χ2n) is 2.41. The Morgan fingerprint density at radius 1 is 1.71 bits per heavy atom.